The zero-order valence-corrected chi connectivity index (χ0v) is 16.8. The van der Waals surface area contributed by atoms with E-state index in [-0.39, 0.29) is 17.6 Å². The van der Waals surface area contributed by atoms with Gasteiger partial charge >= 0.3 is 0 Å². The van der Waals surface area contributed by atoms with Crippen molar-refractivity contribution in [2.24, 2.45) is 0 Å². The second kappa shape index (κ2) is 9.20. The van der Waals surface area contributed by atoms with Crippen LogP contribution in [0.4, 0.5) is 0 Å². The number of carbonyl (C=O) groups excluding carboxylic acids is 1. The van der Waals surface area contributed by atoms with Crippen LogP contribution in [0.25, 0.3) is 0 Å². The first-order valence-electron chi connectivity index (χ1n) is 9.78. The molecule has 2 aromatic heterocycles. The number of benzene rings is 1. The Morgan fingerprint density at radius 1 is 1.21 bits per heavy atom. The number of nitrogens with zero attached hydrogens (tertiary/aromatic N) is 3. The molecular formula is C22H23ClN4O2. The third-order valence-corrected chi connectivity index (χ3v) is 5.41. The van der Waals surface area contributed by atoms with Gasteiger partial charge in [0, 0.05) is 49.0 Å². The maximum Gasteiger partial charge on any atom is 0.290 e. The van der Waals surface area contributed by atoms with Crippen molar-refractivity contribution < 1.29 is 9.32 Å². The summed E-state index contributed by atoms with van der Waals surface area (Å²) in [5.41, 5.74) is 3.03. The van der Waals surface area contributed by atoms with Crippen molar-refractivity contribution >= 4 is 17.5 Å². The molecule has 1 saturated heterocycles. The third kappa shape index (κ3) is 5.22. The predicted molar refractivity (Wildman–Crippen MR) is 111 cm³/mol. The first kappa shape index (κ1) is 19.6. The van der Waals surface area contributed by atoms with E-state index < -0.39 is 0 Å². The molecule has 1 atom stereocenters. The van der Waals surface area contributed by atoms with E-state index in [4.69, 9.17) is 16.1 Å². The number of hydrogen-bond donors (Lipinski definition) is 1. The van der Waals surface area contributed by atoms with E-state index in [2.05, 4.69) is 26.4 Å². The summed E-state index contributed by atoms with van der Waals surface area (Å²) in [6, 6.07) is 13.5. The van der Waals surface area contributed by atoms with Crippen LogP contribution in [0.5, 0.6) is 0 Å². The Morgan fingerprint density at radius 3 is 2.90 bits per heavy atom. The van der Waals surface area contributed by atoms with Crippen molar-refractivity contribution in [3.63, 3.8) is 0 Å². The van der Waals surface area contributed by atoms with Gasteiger partial charge in [0.05, 0.1) is 5.69 Å². The maximum atomic E-state index is 12.4. The Kier molecular flexibility index (Phi) is 6.22. The van der Waals surface area contributed by atoms with Crippen LogP contribution in [0.1, 0.15) is 46.1 Å². The highest BCUT2D eigenvalue weighted by atomic mass is 35.5. The molecule has 0 aliphatic carbocycles. The van der Waals surface area contributed by atoms with Crippen LogP contribution >= 0.6 is 11.6 Å². The zero-order valence-electron chi connectivity index (χ0n) is 16.1. The number of hydrogen-bond acceptors (Lipinski definition) is 5. The molecule has 1 aliphatic heterocycles. The van der Waals surface area contributed by atoms with Crippen molar-refractivity contribution in [2.75, 3.05) is 13.1 Å². The summed E-state index contributed by atoms with van der Waals surface area (Å²) in [6.45, 7) is 3.21. The molecular weight excluding hydrogens is 388 g/mol. The lowest BCUT2D eigenvalue weighted by atomic mass is 9.94. The highest BCUT2D eigenvalue weighted by Gasteiger charge is 2.25. The van der Waals surface area contributed by atoms with Gasteiger partial charge in [0.2, 0.25) is 5.76 Å². The minimum absolute atomic E-state index is 0.251. The molecule has 0 bridgehead atoms. The van der Waals surface area contributed by atoms with Crippen LogP contribution in [-0.2, 0) is 13.1 Å². The van der Waals surface area contributed by atoms with Gasteiger partial charge in [-0.2, -0.15) is 0 Å². The van der Waals surface area contributed by atoms with Gasteiger partial charge in [0.15, 0.2) is 0 Å². The molecule has 0 spiro atoms. The van der Waals surface area contributed by atoms with E-state index in [0.717, 1.165) is 48.8 Å². The molecule has 1 amide bonds. The van der Waals surface area contributed by atoms with E-state index in [1.807, 2.05) is 30.3 Å². The van der Waals surface area contributed by atoms with E-state index in [1.165, 1.54) is 5.56 Å². The Bertz CT molecular complexity index is 960. The molecule has 3 heterocycles. The van der Waals surface area contributed by atoms with Gasteiger partial charge in [-0.25, -0.2) is 0 Å². The lowest BCUT2D eigenvalue weighted by Gasteiger charge is -2.31. The lowest BCUT2D eigenvalue weighted by Crippen LogP contribution is -2.34. The minimum atomic E-state index is -0.257. The maximum absolute atomic E-state index is 12.4. The number of halogens is 1. The molecule has 1 unspecified atom stereocenters. The minimum Gasteiger partial charge on any atom is -0.351 e. The summed E-state index contributed by atoms with van der Waals surface area (Å²) >= 11 is 6.10. The molecule has 29 heavy (non-hydrogen) atoms. The fourth-order valence-electron chi connectivity index (χ4n) is 3.69. The quantitative estimate of drug-likeness (QED) is 0.664. The normalized spacial score (nSPS) is 17.2. The molecule has 6 nitrogen and oxygen atoms in total. The first-order chi connectivity index (χ1) is 14.2. The topological polar surface area (TPSA) is 71.3 Å². The van der Waals surface area contributed by atoms with Gasteiger partial charge < -0.3 is 9.84 Å². The smallest absolute Gasteiger partial charge is 0.290 e. The van der Waals surface area contributed by atoms with Gasteiger partial charge in [-0.15, -0.1) is 0 Å². The average molecular weight is 411 g/mol. The van der Waals surface area contributed by atoms with E-state index in [1.54, 1.807) is 18.5 Å². The highest BCUT2D eigenvalue weighted by molar-refractivity contribution is 6.30. The summed E-state index contributed by atoms with van der Waals surface area (Å²) in [4.78, 5) is 18.7. The number of piperidine rings is 1. The summed E-state index contributed by atoms with van der Waals surface area (Å²) in [5.74, 6) is 0.251. The Hall–Kier alpha value is -2.70. The SMILES string of the molecule is O=C(NCc1ccncc1)c1cc(C2CCCN(Cc3cccc(Cl)c3)C2)no1. The average Bonchev–Trinajstić information content (AvgIpc) is 3.24. The molecule has 1 N–H and O–H groups in total. The summed E-state index contributed by atoms with van der Waals surface area (Å²) in [5, 5.41) is 7.79. The van der Waals surface area contributed by atoms with Crippen LogP contribution in [0.15, 0.2) is 59.4 Å². The molecule has 0 saturated carbocycles. The van der Waals surface area contributed by atoms with Crippen LogP contribution in [-0.4, -0.2) is 34.0 Å². The number of amides is 1. The zero-order chi connectivity index (χ0) is 20.1. The number of likely N-dealkylation sites (tertiary alicyclic amines) is 1. The van der Waals surface area contributed by atoms with Crippen molar-refractivity contribution in [3.8, 4) is 0 Å². The molecule has 3 aromatic rings. The monoisotopic (exact) mass is 410 g/mol. The number of nitrogens with one attached hydrogen (secondary N) is 1. The Balaban J connectivity index is 1.35. The van der Waals surface area contributed by atoms with E-state index in [9.17, 15) is 4.79 Å². The summed E-state index contributed by atoms with van der Waals surface area (Å²) < 4.78 is 5.33. The van der Waals surface area contributed by atoms with Crippen molar-refractivity contribution in [3.05, 3.63) is 82.5 Å². The van der Waals surface area contributed by atoms with Crippen LogP contribution < -0.4 is 5.32 Å². The van der Waals surface area contributed by atoms with E-state index >= 15 is 0 Å². The second-order valence-electron chi connectivity index (χ2n) is 7.36. The first-order valence-corrected chi connectivity index (χ1v) is 10.2. The van der Waals surface area contributed by atoms with Gasteiger partial charge in [-0.05, 0) is 54.8 Å². The number of carbonyl (C=O) groups is 1. The van der Waals surface area contributed by atoms with Gasteiger partial charge in [0.1, 0.15) is 0 Å². The van der Waals surface area contributed by atoms with Crippen molar-refractivity contribution in [1.29, 1.82) is 0 Å². The molecule has 1 fully saturated rings. The van der Waals surface area contributed by atoms with Crippen LogP contribution in [0.2, 0.25) is 5.02 Å². The number of pyridine rings is 1. The summed E-state index contributed by atoms with van der Waals surface area (Å²) in [7, 11) is 0. The van der Waals surface area contributed by atoms with Crippen LogP contribution in [0, 0.1) is 0 Å². The predicted octanol–water partition coefficient (Wildman–Crippen LogP) is 4.03. The van der Waals surface area contributed by atoms with Gasteiger partial charge in [-0.1, -0.05) is 28.9 Å². The lowest BCUT2D eigenvalue weighted by molar-refractivity contribution is 0.0913. The molecule has 7 heteroatoms. The molecule has 150 valence electrons. The second-order valence-corrected chi connectivity index (χ2v) is 7.79. The third-order valence-electron chi connectivity index (χ3n) is 5.17. The van der Waals surface area contributed by atoms with Gasteiger partial charge in [0.25, 0.3) is 5.91 Å². The number of rotatable bonds is 6. The molecule has 4 rings (SSSR count). The molecule has 0 radical (unpaired) electrons. The largest absolute Gasteiger partial charge is 0.351 e. The highest BCUT2D eigenvalue weighted by Crippen LogP contribution is 2.28. The standard InChI is InChI=1S/C22H23ClN4O2/c23-19-5-1-3-17(11-19)14-27-10-2-4-18(15-27)20-12-21(29-26-20)22(28)25-13-16-6-8-24-9-7-16/h1,3,5-9,11-12,18H,2,4,10,13-15H2,(H,25,28). The Morgan fingerprint density at radius 2 is 2.07 bits per heavy atom. The fourth-order valence-corrected chi connectivity index (χ4v) is 3.91. The van der Waals surface area contributed by atoms with E-state index in [0.29, 0.717) is 6.54 Å². The van der Waals surface area contributed by atoms with Crippen molar-refractivity contribution in [1.82, 2.24) is 20.4 Å². The van der Waals surface area contributed by atoms with Gasteiger partial charge in [-0.3, -0.25) is 14.7 Å². The fraction of sp³-hybridized carbons (Fsp3) is 0.318. The number of aromatic nitrogens is 2. The van der Waals surface area contributed by atoms with Crippen molar-refractivity contribution in [2.45, 2.75) is 31.8 Å². The summed E-state index contributed by atoms with van der Waals surface area (Å²) in [6.07, 6.45) is 5.52. The Labute approximate surface area is 174 Å². The van der Waals surface area contributed by atoms with Crippen LogP contribution in [0.3, 0.4) is 0 Å². The molecule has 1 aromatic carbocycles. The molecule has 1 aliphatic rings.